The molecule has 0 atom stereocenters. The summed E-state index contributed by atoms with van der Waals surface area (Å²) in [5.41, 5.74) is 0.637. The summed E-state index contributed by atoms with van der Waals surface area (Å²) >= 11 is 0. The topological polar surface area (TPSA) is 63.2 Å². The fraction of sp³-hybridized carbons (Fsp3) is 0.391. The van der Waals surface area contributed by atoms with Crippen molar-refractivity contribution in [1.82, 2.24) is 9.97 Å². The van der Waals surface area contributed by atoms with Gasteiger partial charge in [-0.1, -0.05) is 18.2 Å². The number of fused-ring (bicyclic) bond motifs is 1. The minimum Gasteiger partial charge on any atom is -0.355 e. The number of sulfone groups is 1. The van der Waals surface area contributed by atoms with Crippen LogP contribution in [0.2, 0.25) is 0 Å². The van der Waals surface area contributed by atoms with Gasteiger partial charge in [0.05, 0.1) is 32.4 Å². The first-order valence-electron chi connectivity index (χ1n) is 10.4. The van der Waals surface area contributed by atoms with Gasteiger partial charge in [0, 0.05) is 13.1 Å². The first-order chi connectivity index (χ1) is 15.0. The molecule has 1 aliphatic rings. The van der Waals surface area contributed by atoms with Crippen molar-refractivity contribution in [3.63, 3.8) is 0 Å². The van der Waals surface area contributed by atoms with E-state index in [9.17, 15) is 21.6 Å². The second kappa shape index (κ2) is 8.03. The predicted molar refractivity (Wildman–Crippen MR) is 117 cm³/mol. The van der Waals surface area contributed by atoms with Crippen LogP contribution in [0, 0.1) is 5.92 Å². The highest BCUT2D eigenvalue weighted by Crippen LogP contribution is 2.40. The lowest BCUT2D eigenvalue weighted by atomic mass is 9.86. The van der Waals surface area contributed by atoms with Crippen molar-refractivity contribution in [3.8, 4) is 0 Å². The van der Waals surface area contributed by atoms with Crippen molar-refractivity contribution >= 4 is 26.7 Å². The van der Waals surface area contributed by atoms with Crippen molar-refractivity contribution in [2.45, 2.75) is 42.5 Å². The Balaban J connectivity index is 1.53. The van der Waals surface area contributed by atoms with E-state index in [4.69, 9.17) is 0 Å². The zero-order chi connectivity index (χ0) is 23.1. The second-order valence-corrected chi connectivity index (χ2v) is 11.1. The van der Waals surface area contributed by atoms with E-state index < -0.39 is 26.3 Å². The molecule has 0 amide bonds. The molecule has 0 spiro atoms. The van der Waals surface area contributed by atoms with Crippen LogP contribution < -0.4 is 4.90 Å². The van der Waals surface area contributed by atoms with Crippen molar-refractivity contribution in [2.75, 3.05) is 18.0 Å². The molecule has 32 heavy (non-hydrogen) atoms. The number of rotatable bonds is 4. The molecule has 1 fully saturated rings. The number of hydrogen-bond donors (Lipinski definition) is 0. The Labute approximate surface area is 185 Å². The van der Waals surface area contributed by atoms with Crippen molar-refractivity contribution < 1.29 is 21.6 Å². The molecule has 0 bridgehead atoms. The van der Waals surface area contributed by atoms with E-state index in [1.54, 1.807) is 20.0 Å². The minimum atomic E-state index is -4.60. The molecular weight excluding hydrogens is 439 g/mol. The third kappa shape index (κ3) is 4.05. The van der Waals surface area contributed by atoms with Crippen LogP contribution in [0.5, 0.6) is 0 Å². The van der Waals surface area contributed by atoms with E-state index in [1.807, 2.05) is 24.3 Å². The van der Waals surface area contributed by atoms with E-state index in [-0.39, 0.29) is 10.8 Å². The quantitative estimate of drug-likeness (QED) is 0.538. The SMILES string of the molecule is CC(C)(C1CCN(c2cnc3ccccc3n2)CC1)S(=O)(=O)c1cccc(C(F)(F)F)c1. The van der Waals surface area contributed by atoms with Gasteiger partial charge in [-0.3, -0.25) is 4.98 Å². The summed E-state index contributed by atoms with van der Waals surface area (Å²) in [5.74, 6) is 0.535. The molecule has 2 heterocycles. The number of benzene rings is 2. The normalized spacial score (nSPS) is 16.5. The monoisotopic (exact) mass is 463 g/mol. The molecular formula is C23H24F3N3O2S. The van der Waals surface area contributed by atoms with Gasteiger partial charge in [0.1, 0.15) is 5.82 Å². The Morgan fingerprint density at radius 2 is 1.62 bits per heavy atom. The Kier molecular flexibility index (Phi) is 5.65. The fourth-order valence-electron chi connectivity index (χ4n) is 4.27. The van der Waals surface area contributed by atoms with Crippen LogP contribution in [0.3, 0.4) is 0 Å². The highest BCUT2D eigenvalue weighted by atomic mass is 32.2. The smallest absolute Gasteiger partial charge is 0.355 e. The molecule has 170 valence electrons. The predicted octanol–water partition coefficient (Wildman–Crippen LogP) is 5.12. The third-order valence-electron chi connectivity index (χ3n) is 6.40. The fourth-order valence-corrected chi connectivity index (χ4v) is 6.09. The van der Waals surface area contributed by atoms with E-state index in [1.165, 1.54) is 6.07 Å². The number of aromatic nitrogens is 2. The largest absolute Gasteiger partial charge is 0.416 e. The Morgan fingerprint density at radius 3 is 2.28 bits per heavy atom. The van der Waals surface area contributed by atoms with Crippen molar-refractivity contribution in [2.24, 2.45) is 5.92 Å². The molecule has 0 N–H and O–H groups in total. The Morgan fingerprint density at radius 1 is 0.969 bits per heavy atom. The summed E-state index contributed by atoms with van der Waals surface area (Å²) in [7, 11) is -3.98. The van der Waals surface area contributed by atoms with Crippen LogP contribution in [0.1, 0.15) is 32.3 Å². The number of nitrogens with zero attached hydrogens (tertiary/aromatic N) is 3. The average molecular weight is 464 g/mol. The van der Waals surface area contributed by atoms with Gasteiger partial charge in [0.2, 0.25) is 0 Å². The molecule has 1 aromatic heterocycles. The first kappa shape index (κ1) is 22.5. The zero-order valence-electron chi connectivity index (χ0n) is 17.8. The molecule has 5 nitrogen and oxygen atoms in total. The molecule has 2 aromatic carbocycles. The maximum atomic E-state index is 13.3. The standard InChI is InChI=1S/C23H24F3N3O2S/c1-22(2,32(30,31)18-7-5-6-17(14-18)23(24,25)26)16-10-12-29(13-11-16)21-15-27-19-8-3-4-9-20(19)28-21/h3-9,14-16H,10-13H2,1-2H3. The van der Waals surface area contributed by atoms with E-state index in [0.717, 1.165) is 35.1 Å². The van der Waals surface area contributed by atoms with Gasteiger partial charge in [-0.05, 0) is 62.9 Å². The molecule has 0 aliphatic carbocycles. The maximum absolute atomic E-state index is 13.3. The van der Waals surface area contributed by atoms with Crippen LogP contribution >= 0.6 is 0 Å². The molecule has 4 rings (SSSR count). The summed E-state index contributed by atoms with van der Waals surface area (Å²) in [6, 6.07) is 11.6. The summed E-state index contributed by atoms with van der Waals surface area (Å²) in [4.78, 5) is 10.9. The summed E-state index contributed by atoms with van der Waals surface area (Å²) < 4.78 is 64.7. The molecule has 9 heteroatoms. The Hall–Kier alpha value is -2.68. The zero-order valence-corrected chi connectivity index (χ0v) is 18.6. The van der Waals surface area contributed by atoms with E-state index >= 15 is 0 Å². The van der Waals surface area contributed by atoms with Gasteiger partial charge < -0.3 is 4.90 Å². The second-order valence-electron chi connectivity index (χ2n) is 8.61. The lowest BCUT2D eigenvalue weighted by molar-refractivity contribution is -0.137. The van der Waals surface area contributed by atoms with Crippen LogP contribution in [0.4, 0.5) is 19.0 Å². The van der Waals surface area contributed by atoms with Crippen LogP contribution in [0.25, 0.3) is 11.0 Å². The van der Waals surface area contributed by atoms with Gasteiger partial charge >= 0.3 is 6.18 Å². The molecule has 1 aliphatic heterocycles. The number of hydrogen-bond acceptors (Lipinski definition) is 5. The molecule has 0 unspecified atom stereocenters. The van der Waals surface area contributed by atoms with Crippen molar-refractivity contribution in [3.05, 3.63) is 60.3 Å². The summed E-state index contributed by atoms with van der Waals surface area (Å²) in [5, 5.41) is 0. The van der Waals surface area contributed by atoms with Gasteiger partial charge in [-0.15, -0.1) is 0 Å². The van der Waals surface area contributed by atoms with Gasteiger partial charge in [0.15, 0.2) is 9.84 Å². The number of piperidine rings is 1. The lowest BCUT2D eigenvalue weighted by Crippen LogP contribution is -2.46. The lowest BCUT2D eigenvalue weighted by Gasteiger charge is -2.40. The van der Waals surface area contributed by atoms with E-state index in [0.29, 0.717) is 25.9 Å². The Bertz CT molecular complexity index is 1230. The molecule has 1 saturated heterocycles. The first-order valence-corrected chi connectivity index (χ1v) is 11.9. The van der Waals surface area contributed by atoms with Crippen LogP contribution in [-0.4, -0.2) is 36.2 Å². The molecule has 0 radical (unpaired) electrons. The van der Waals surface area contributed by atoms with Crippen LogP contribution in [0.15, 0.2) is 59.6 Å². The summed E-state index contributed by atoms with van der Waals surface area (Å²) in [6.45, 7) is 4.41. The van der Waals surface area contributed by atoms with Gasteiger partial charge in [0.25, 0.3) is 0 Å². The maximum Gasteiger partial charge on any atom is 0.416 e. The van der Waals surface area contributed by atoms with Crippen LogP contribution in [-0.2, 0) is 16.0 Å². The summed E-state index contributed by atoms with van der Waals surface area (Å²) in [6.07, 6.45) is -1.71. The molecule has 3 aromatic rings. The third-order valence-corrected chi connectivity index (χ3v) is 9.00. The number of alkyl halides is 3. The number of halogens is 3. The molecule has 0 saturated carbocycles. The van der Waals surface area contributed by atoms with Gasteiger partial charge in [-0.25, -0.2) is 13.4 Å². The van der Waals surface area contributed by atoms with Crippen molar-refractivity contribution in [1.29, 1.82) is 0 Å². The highest BCUT2D eigenvalue weighted by Gasteiger charge is 2.44. The van der Waals surface area contributed by atoms with Gasteiger partial charge in [-0.2, -0.15) is 13.2 Å². The minimum absolute atomic E-state index is 0.202. The number of para-hydroxylation sites is 2. The average Bonchev–Trinajstić information content (AvgIpc) is 2.78. The highest BCUT2D eigenvalue weighted by molar-refractivity contribution is 7.92. The van der Waals surface area contributed by atoms with E-state index in [2.05, 4.69) is 14.9 Å². The number of anilines is 1.